The quantitative estimate of drug-likeness (QED) is 0.820. The molecule has 78 valence electrons. The van der Waals surface area contributed by atoms with E-state index in [4.69, 9.17) is 5.73 Å². The van der Waals surface area contributed by atoms with Crippen LogP contribution in [0.15, 0.2) is 30.6 Å². The van der Waals surface area contributed by atoms with Gasteiger partial charge in [-0.1, -0.05) is 31.2 Å². The average molecular weight is 202 g/mol. The highest BCUT2D eigenvalue weighted by Crippen LogP contribution is 2.10. The molecule has 0 radical (unpaired) electrons. The predicted molar refractivity (Wildman–Crippen MR) is 59.4 cm³/mol. The molecule has 1 heterocycles. The van der Waals surface area contributed by atoms with Gasteiger partial charge in [-0.15, -0.1) is 5.10 Å². The molecule has 15 heavy (non-hydrogen) atoms. The molecule has 0 unspecified atom stereocenters. The van der Waals surface area contributed by atoms with Crippen LogP contribution in [0, 0.1) is 0 Å². The standard InChI is InChI=1S/C11H14N4/c1-2-9-5-3-4-6-10(9)7-15-8-13-11(12)14-15/h3-6,8H,2,7H2,1H3,(H2,12,14). The van der Waals surface area contributed by atoms with Crippen LogP contribution < -0.4 is 5.73 Å². The lowest BCUT2D eigenvalue weighted by Gasteiger charge is -2.06. The fraction of sp³-hybridized carbons (Fsp3) is 0.273. The highest BCUT2D eigenvalue weighted by molar-refractivity contribution is 5.27. The number of anilines is 1. The number of nitrogen functional groups attached to an aromatic ring is 1. The first-order valence-electron chi connectivity index (χ1n) is 5.01. The lowest BCUT2D eigenvalue weighted by Crippen LogP contribution is -2.03. The first-order chi connectivity index (χ1) is 7.29. The summed E-state index contributed by atoms with van der Waals surface area (Å²) < 4.78 is 1.75. The molecule has 0 fully saturated rings. The van der Waals surface area contributed by atoms with E-state index in [0.29, 0.717) is 5.95 Å². The summed E-state index contributed by atoms with van der Waals surface area (Å²) >= 11 is 0. The van der Waals surface area contributed by atoms with Gasteiger partial charge in [0.1, 0.15) is 6.33 Å². The van der Waals surface area contributed by atoms with E-state index in [1.54, 1.807) is 11.0 Å². The lowest BCUT2D eigenvalue weighted by atomic mass is 10.1. The molecule has 0 aliphatic heterocycles. The van der Waals surface area contributed by atoms with Crippen LogP contribution in [-0.4, -0.2) is 14.8 Å². The Morgan fingerprint density at radius 2 is 2.00 bits per heavy atom. The minimum Gasteiger partial charge on any atom is -0.367 e. The molecule has 2 rings (SSSR count). The summed E-state index contributed by atoms with van der Waals surface area (Å²) in [5.41, 5.74) is 8.07. The molecule has 4 nitrogen and oxygen atoms in total. The molecule has 0 bridgehead atoms. The third kappa shape index (κ3) is 2.15. The van der Waals surface area contributed by atoms with Gasteiger partial charge in [-0.25, -0.2) is 9.67 Å². The van der Waals surface area contributed by atoms with Gasteiger partial charge in [-0.2, -0.15) is 0 Å². The fourth-order valence-electron chi connectivity index (χ4n) is 1.62. The van der Waals surface area contributed by atoms with Gasteiger partial charge in [0.2, 0.25) is 5.95 Å². The van der Waals surface area contributed by atoms with Gasteiger partial charge in [-0.05, 0) is 17.5 Å². The van der Waals surface area contributed by atoms with Crippen LogP contribution >= 0.6 is 0 Å². The second kappa shape index (κ2) is 4.13. The van der Waals surface area contributed by atoms with Crippen LogP contribution in [0.4, 0.5) is 5.95 Å². The van der Waals surface area contributed by atoms with Crippen LogP contribution in [0.3, 0.4) is 0 Å². The van der Waals surface area contributed by atoms with E-state index < -0.39 is 0 Å². The monoisotopic (exact) mass is 202 g/mol. The minimum absolute atomic E-state index is 0.323. The Bertz CT molecular complexity index is 447. The van der Waals surface area contributed by atoms with Gasteiger partial charge in [0.25, 0.3) is 0 Å². The highest BCUT2D eigenvalue weighted by atomic mass is 15.4. The fourth-order valence-corrected chi connectivity index (χ4v) is 1.62. The van der Waals surface area contributed by atoms with Crippen molar-refractivity contribution in [2.24, 2.45) is 0 Å². The van der Waals surface area contributed by atoms with Gasteiger partial charge in [0, 0.05) is 0 Å². The SMILES string of the molecule is CCc1ccccc1Cn1cnc(N)n1. The van der Waals surface area contributed by atoms with E-state index in [1.807, 2.05) is 6.07 Å². The maximum atomic E-state index is 5.46. The molecular formula is C11H14N4. The number of hydrogen-bond acceptors (Lipinski definition) is 3. The van der Waals surface area contributed by atoms with Crippen molar-refractivity contribution < 1.29 is 0 Å². The molecule has 0 amide bonds. The first kappa shape index (κ1) is 9.71. The van der Waals surface area contributed by atoms with Crippen molar-refractivity contribution in [3.63, 3.8) is 0 Å². The zero-order valence-electron chi connectivity index (χ0n) is 8.72. The Kier molecular flexibility index (Phi) is 2.67. The molecule has 1 aromatic heterocycles. The Morgan fingerprint density at radius 1 is 1.27 bits per heavy atom. The Labute approximate surface area is 88.8 Å². The molecule has 1 aromatic carbocycles. The lowest BCUT2D eigenvalue weighted by molar-refractivity contribution is 0.682. The maximum absolute atomic E-state index is 5.46. The molecule has 0 atom stereocenters. The van der Waals surface area contributed by atoms with Crippen molar-refractivity contribution in [1.82, 2.24) is 14.8 Å². The maximum Gasteiger partial charge on any atom is 0.239 e. The van der Waals surface area contributed by atoms with Gasteiger partial charge in [0.05, 0.1) is 6.54 Å². The smallest absolute Gasteiger partial charge is 0.239 e. The first-order valence-corrected chi connectivity index (χ1v) is 5.01. The van der Waals surface area contributed by atoms with Gasteiger partial charge in [0.15, 0.2) is 0 Å². The van der Waals surface area contributed by atoms with E-state index in [9.17, 15) is 0 Å². The number of benzene rings is 1. The summed E-state index contributed by atoms with van der Waals surface area (Å²) in [6, 6.07) is 8.33. The van der Waals surface area contributed by atoms with Crippen molar-refractivity contribution in [2.45, 2.75) is 19.9 Å². The number of aryl methyl sites for hydroxylation is 1. The molecular weight excluding hydrogens is 188 g/mol. The third-order valence-corrected chi connectivity index (χ3v) is 2.39. The van der Waals surface area contributed by atoms with Gasteiger partial charge >= 0.3 is 0 Å². The summed E-state index contributed by atoms with van der Waals surface area (Å²) in [7, 11) is 0. The number of nitrogens with two attached hydrogens (primary N) is 1. The van der Waals surface area contributed by atoms with Crippen molar-refractivity contribution in [3.8, 4) is 0 Å². The summed E-state index contributed by atoms with van der Waals surface area (Å²) in [4.78, 5) is 3.90. The number of aromatic nitrogens is 3. The van der Waals surface area contributed by atoms with Crippen LogP contribution in [0.1, 0.15) is 18.1 Å². The zero-order valence-corrected chi connectivity index (χ0v) is 8.72. The highest BCUT2D eigenvalue weighted by Gasteiger charge is 2.02. The van der Waals surface area contributed by atoms with Gasteiger partial charge < -0.3 is 5.73 Å². The van der Waals surface area contributed by atoms with Crippen molar-refractivity contribution in [1.29, 1.82) is 0 Å². The molecule has 0 saturated heterocycles. The number of nitrogens with zero attached hydrogens (tertiary/aromatic N) is 3. The normalized spacial score (nSPS) is 10.5. The Balaban J connectivity index is 2.23. The minimum atomic E-state index is 0.323. The van der Waals surface area contributed by atoms with Crippen LogP contribution in [0.5, 0.6) is 0 Å². The second-order valence-electron chi connectivity index (χ2n) is 3.42. The number of rotatable bonds is 3. The molecule has 0 saturated carbocycles. The average Bonchev–Trinajstić information content (AvgIpc) is 2.65. The van der Waals surface area contributed by atoms with Crippen molar-refractivity contribution in [2.75, 3.05) is 5.73 Å². The van der Waals surface area contributed by atoms with E-state index >= 15 is 0 Å². The Hall–Kier alpha value is -1.84. The molecule has 4 heteroatoms. The van der Waals surface area contributed by atoms with E-state index in [2.05, 4.69) is 35.2 Å². The van der Waals surface area contributed by atoms with Crippen molar-refractivity contribution >= 4 is 5.95 Å². The molecule has 2 N–H and O–H groups in total. The topological polar surface area (TPSA) is 56.7 Å². The molecule has 0 aliphatic rings. The summed E-state index contributed by atoms with van der Waals surface area (Å²) in [5, 5.41) is 4.06. The second-order valence-corrected chi connectivity index (χ2v) is 3.42. The van der Waals surface area contributed by atoms with Gasteiger partial charge in [-0.3, -0.25) is 0 Å². The molecule has 0 spiro atoms. The van der Waals surface area contributed by atoms with E-state index in [-0.39, 0.29) is 0 Å². The Morgan fingerprint density at radius 3 is 2.60 bits per heavy atom. The third-order valence-electron chi connectivity index (χ3n) is 2.39. The largest absolute Gasteiger partial charge is 0.367 e. The zero-order chi connectivity index (χ0) is 10.7. The summed E-state index contributed by atoms with van der Waals surface area (Å²) in [6.45, 7) is 2.88. The van der Waals surface area contributed by atoms with Crippen LogP contribution in [-0.2, 0) is 13.0 Å². The van der Waals surface area contributed by atoms with E-state index in [1.165, 1.54) is 11.1 Å². The molecule has 0 aliphatic carbocycles. The summed E-state index contributed by atoms with van der Waals surface area (Å²) in [5.74, 6) is 0.323. The van der Waals surface area contributed by atoms with E-state index in [0.717, 1.165) is 13.0 Å². The predicted octanol–water partition coefficient (Wildman–Crippen LogP) is 1.47. The van der Waals surface area contributed by atoms with Crippen LogP contribution in [0.25, 0.3) is 0 Å². The summed E-state index contributed by atoms with van der Waals surface area (Å²) in [6.07, 6.45) is 2.68. The molecule has 2 aromatic rings. The van der Waals surface area contributed by atoms with Crippen molar-refractivity contribution in [3.05, 3.63) is 41.7 Å². The van der Waals surface area contributed by atoms with Crippen LogP contribution in [0.2, 0.25) is 0 Å². The number of hydrogen-bond donors (Lipinski definition) is 1.